The molecule has 0 radical (unpaired) electrons. The lowest BCUT2D eigenvalue weighted by atomic mass is 10.0. The maximum absolute atomic E-state index is 6.25. The molecular formula is C27H24ClN7O2. The van der Waals surface area contributed by atoms with Crippen LogP contribution in [0.25, 0.3) is 38.8 Å². The highest BCUT2D eigenvalue weighted by Gasteiger charge is 2.21. The predicted octanol–water partition coefficient (Wildman–Crippen LogP) is 6.59. The van der Waals surface area contributed by atoms with E-state index in [4.69, 9.17) is 25.8 Å². The molecule has 0 spiro atoms. The van der Waals surface area contributed by atoms with E-state index in [-0.39, 0.29) is 0 Å². The Morgan fingerprint density at radius 3 is 2.62 bits per heavy atom. The monoisotopic (exact) mass is 513 g/mol. The Morgan fingerprint density at radius 2 is 1.89 bits per heavy atom. The molecule has 6 rings (SSSR count). The molecule has 0 saturated carbocycles. The molecule has 9 nitrogen and oxygen atoms in total. The molecule has 4 heterocycles. The molecule has 10 heteroatoms. The van der Waals surface area contributed by atoms with Crippen LogP contribution in [-0.4, -0.2) is 37.0 Å². The van der Waals surface area contributed by atoms with Gasteiger partial charge >= 0.3 is 0 Å². The Balaban J connectivity index is 1.55. The Hall–Kier alpha value is -4.37. The van der Waals surface area contributed by atoms with E-state index >= 15 is 0 Å². The van der Waals surface area contributed by atoms with Crippen LogP contribution in [0.3, 0.4) is 0 Å². The van der Waals surface area contributed by atoms with Crippen LogP contribution < -0.4 is 10.1 Å². The lowest BCUT2D eigenvalue weighted by Gasteiger charge is -2.12. The van der Waals surface area contributed by atoms with Gasteiger partial charge in [0.05, 0.1) is 35.1 Å². The second-order valence-electron chi connectivity index (χ2n) is 8.95. The molecule has 0 fully saturated rings. The third kappa shape index (κ3) is 3.88. The first-order chi connectivity index (χ1) is 17.8. The number of anilines is 2. The SMILES string of the molecule is COc1cc2c(cc1-c1c(C)noc1C)[nH]c1nc(C)nc(Nc3cc(C)nn3-c3cccc(Cl)c3)c12. The molecule has 37 heavy (non-hydrogen) atoms. The molecular weight excluding hydrogens is 490 g/mol. The fraction of sp³-hybridized carbons (Fsp3) is 0.185. The maximum Gasteiger partial charge on any atom is 0.145 e. The predicted molar refractivity (Wildman–Crippen MR) is 144 cm³/mol. The maximum atomic E-state index is 6.25. The average Bonchev–Trinajstić information content (AvgIpc) is 3.51. The minimum atomic E-state index is 0.630. The highest BCUT2D eigenvalue weighted by Crippen LogP contribution is 2.41. The van der Waals surface area contributed by atoms with Gasteiger partial charge in [0.2, 0.25) is 0 Å². The van der Waals surface area contributed by atoms with E-state index in [0.29, 0.717) is 28.1 Å². The number of H-pyrrole nitrogens is 1. The number of rotatable bonds is 5. The van der Waals surface area contributed by atoms with Crippen molar-refractivity contribution in [1.82, 2.24) is 29.9 Å². The molecule has 0 amide bonds. The third-order valence-electron chi connectivity index (χ3n) is 6.32. The topological polar surface area (TPSA) is 107 Å². The van der Waals surface area contributed by atoms with E-state index in [2.05, 4.69) is 25.5 Å². The van der Waals surface area contributed by atoms with Crippen LogP contribution in [0.1, 0.15) is 23.0 Å². The van der Waals surface area contributed by atoms with Crippen molar-refractivity contribution in [2.45, 2.75) is 27.7 Å². The molecule has 0 aliphatic carbocycles. The summed E-state index contributed by atoms with van der Waals surface area (Å²) in [6.45, 7) is 7.63. The number of hydrogen-bond donors (Lipinski definition) is 2. The summed E-state index contributed by atoms with van der Waals surface area (Å²) < 4.78 is 13.0. The van der Waals surface area contributed by atoms with Crippen LogP contribution in [0.15, 0.2) is 47.0 Å². The van der Waals surface area contributed by atoms with Crippen LogP contribution in [0.5, 0.6) is 5.75 Å². The normalized spacial score (nSPS) is 11.5. The minimum Gasteiger partial charge on any atom is -0.496 e. The summed E-state index contributed by atoms with van der Waals surface area (Å²) >= 11 is 6.25. The first kappa shape index (κ1) is 23.1. The smallest absolute Gasteiger partial charge is 0.145 e. The standard InChI is InChI=1S/C27H24ClN7O2/c1-13-9-23(35(33-13)18-8-6-7-17(28)10-18)32-27-25-19-12-22(36-5)20(24-14(2)34-37-15(24)3)11-21(19)31-26(25)29-16(4)30-27/h6-12H,1-5H3,(H2,29,30,31,32). The molecule has 0 saturated heterocycles. The van der Waals surface area contributed by atoms with E-state index < -0.39 is 0 Å². The zero-order valence-corrected chi connectivity index (χ0v) is 21.7. The van der Waals surface area contributed by atoms with Gasteiger partial charge in [0.1, 0.15) is 34.6 Å². The lowest BCUT2D eigenvalue weighted by molar-refractivity contribution is 0.393. The van der Waals surface area contributed by atoms with Crippen molar-refractivity contribution in [2.75, 3.05) is 12.4 Å². The van der Waals surface area contributed by atoms with Gasteiger partial charge in [0, 0.05) is 27.6 Å². The van der Waals surface area contributed by atoms with Gasteiger partial charge in [-0.15, -0.1) is 0 Å². The number of aromatic nitrogens is 6. The van der Waals surface area contributed by atoms with Gasteiger partial charge in [-0.05, 0) is 58.0 Å². The van der Waals surface area contributed by atoms with E-state index in [0.717, 1.165) is 56.1 Å². The van der Waals surface area contributed by atoms with Gasteiger partial charge in [-0.25, -0.2) is 14.6 Å². The quantitative estimate of drug-likeness (QED) is 0.267. The number of nitrogens with one attached hydrogen (secondary N) is 2. The lowest BCUT2D eigenvalue weighted by Crippen LogP contribution is -2.05. The highest BCUT2D eigenvalue weighted by atomic mass is 35.5. The summed E-state index contributed by atoms with van der Waals surface area (Å²) in [4.78, 5) is 12.9. The van der Waals surface area contributed by atoms with Gasteiger partial charge in [0.15, 0.2) is 0 Å². The van der Waals surface area contributed by atoms with Crippen LogP contribution in [-0.2, 0) is 0 Å². The highest BCUT2D eigenvalue weighted by molar-refractivity contribution is 6.30. The number of aryl methyl sites for hydroxylation is 4. The Kier molecular flexibility index (Phi) is 5.38. The van der Waals surface area contributed by atoms with E-state index in [1.54, 1.807) is 7.11 Å². The summed E-state index contributed by atoms with van der Waals surface area (Å²) in [5.74, 6) is 3.48. The number of ether oxygens (including phenoxy) is 1. The van der Waals surface area contributed by atoms with Crippen LogP contribution in [0.2, 0.25) is 5.02 Å². The number of aromatic amines is 1. The summed E-state index contributed by atoms with van der Waals surface area (Å²) in [5.41, 5.74) is 5.92. The minimum absolute atomic E-state index is 0.630. The molecule has 4 aromatic heterocycles. The first-order valence-corrected chi connectivity index (χ1v) is 12.1. The fourth-order valence-corrected chi connectivity index (χ4v) is 4.96. The largest absolute Gasteiger partial charge is 0.496 e. The number of halogens is 1. The number of fused-ring (bicyclic) bond motifs is 3. The summed E-state index contributed by atoms with van der Waals surface area (Å²) in [7, 11) is 1.66. The van der Waals surface area contributed by atoms with Crippen LogP contribution in [0, 0.1) is 27.7 Å². The van der Waals surface area contributed by atoms with Crippen LogP contribution in [0.4, 0.5) is 11.6 Å². The van der Waals surface area contributed by atoms with Crippen molar-refractivity contribution in [3.8, 4) is 22.6 Å². The second kappa shape index (κ2) is 8.63. The number of benzene rings is 2. The molecule has 186 valence electrons. The van der Waals surface area contributed by atoms with Crippen LogP contribution >= 0.6 is 11.6 Å². The third-order valence-corrected chi connectivity index (χ3v) is 6.55. The zero-order chi connectivity index (χ0) is 25.8. The molecule has 0 aliphatic heterocycles. The van der Waals surface area contributed by atoms with Crippen molar-refractivity contribution in [2.24, 2.45) is 0 Å². The zero-order valence-electron chi connectivity index (χ0n) is 21.0. The Bertz CT molecular complexity index is 1800. The Labute approximate surface area is 217 Å². The van der Waals surface area contributed by atoms with Gasteiger partial charge in [-0.3, -0.25) is 0 Å². The summed E-state index contributed by atoms with van der Waals surface area (Å²) in [6.07, 6.45) is 0. The van der Waals surface area contributed by atoms with Gasteiger partial charge in [-0.1, -0.05) is 22.8 Å². The molecule has 0 unspecified atom stereocenters. The number of methoxy groups -OCH3 is 1. The van der Waals surface area contributed by atoms with E-state index in [1.807, 2.05) is 74.8 Å². The Morgan fingerprint density at radius 1 is 1.05 bits per heavy atom. The summed E-state index contributed by atoms with van der Waals surface area (Å²) in [5, 5.41) is 14.7. The number of hydrogen-bond acceptors (Lipinski definition) is 7. The van der Waals surface area contributed by atoms with Gasteiger partial charge < -0.3 is 19.6 Å². The molecule has 2 aromatic carbocycles. The molecule has 6 aromatic rings. The number of nitrogens with zero attached hydrogens (tertiary/aromatic N) is 5. The van der Waals surface area contributed by atoms with Gasteiger partial charge in [0.25, 0.3) is 0 Å². The molecule has 2 N–H and O–H groups in total. The molecule has 0 bridgehead atoms. The van der Waals surface area contributed by atoms with Crippen molar-refractivity contribution in [1.29, 1.82) is 0 Å². The summed E-state index contributed by atoms with van der Waals surface area (Å²) in [6, 6.07) is 13.6. The van der Waals surface area contributed by atoms with E-state index in [1.165, 1.54) is 0 Å². The van der Waals surface area contributed by atoms with Crippen molar-refractivity contribution < 1.29 is 9.26 Å². The second-order valence-corrected chi connectivity index (χ2v) is 9.39. The van der Waals surface area contributed by atoms with Gasteiger partial charge in [-0.2, -0.15) is 5.10 Å². The van der Waals surface area contributed by atoms with E-state index in [9.17, 15) is 0 Å². The van der Waals surface area contributed by atoms with Crippen molar-refractivity contribution in [3.63, 3.8) is 0 Å². The van der Waals surface area contributed by atoms with Crippen molar-refractivity contribution in [3.05, 3.63) is 70.5 Å². The first-order valence-electron chi connectivity index (χ1n) is 11.7. The molecule has 0 aliphatic rings. The molecule has 0 atom stereocenters. The fourth-order valence-electron chi connectivity index (χ4n) is 4.77. The van der Waals surface area contributed by atoms with Crippen molar-refractivity contribution >= 4 is 45.2 Å². The average molecular weight is 514 g/mol.